The van der Waals surface area contributed by atoms with Crippen LogP contribution in [0.5, 0.6) is 0 Å². The smallest absolute Gasteiger partial charge is 0.323 e. The quantitative estimate of drug-likeness (QED) is 0.784. The Kier molecular flexibility index (Phi) is 5.92. The first-order chi connectivity index (χ1) is 11.4. The van der Waals surface area contributed by atoms with Crippen LogP contribution < -0.4 is 0 Å². The van der Waals surface area contributed by atoms with Gasteiger partial charge in [0.2, 0.25) is 10.0 Å². The number of nitrogens with zero attached hydrogens (tertiary/aromatic N) is 2. The molecule has 0 radical (unpaired) electrons. The van der Waals surface area contributed by atoms with Gasteiger partial charge < -0.3 is 14.7 Å². The van der Waals surface area contributed by atoms with E-state index < -0.39 is 28.4 Å². The molecular weight excluding hydrogens is 336 g/mol. The number of likely N-dealkylation sites (N-methyl/N-ethyl adjacent to an activating group) is 1. The number of benzene rings is 1. The number of carboxylic acids is 1. The summed E-state index contributed by atoms with van der Waals surface area (Å²) in [7, 11) is -3.61. The molecule has 132 valence electrons. The highest BCUT2D eigenvalue weighted by molar-refractivity contribution is 7.89. The van der Waals surface area contributed by atoms with Gasteiger partial charge in [-0.25, -0.2) is 8.42 Å². The van der Waals surface area contributed by atoms with E-state index in [9.17, 15) is 18.0 Å². The van der Waals surface area contributed by atoms with Crippen LogP contribution in [0.2, 0.25) is 0 Å². The molecule has 1 heterocycles. The van der Waals surface area contributed by atoms with E-state index in [1.54, 1.807) is 6.92 Å². The average molecular weight is 356 g/mol. The molecule has 0 aromatic heterocycles. The number of sulfonamides is 1. The summed E-state index contributed by atoms with van der Waals surface area (Å²) in [5.41, 5.74) is 0.249. The zero-order valence-electron chi connectivity index (χ0n) is 13.3. The fourth-order valence-corrected chi connectivity index (χ4v) is 3.79. The van der Waals surface area contributed by atoms with Gasteiger partial charge in [0.1, 0.15) is 6.54 Å². The van der Waals surface area contributed by atoms with Crippen molar-refractivity contribution < 1.29 is 27.9 Å². The third-order valence-electron chi connectivity index (χ3n) is 3.70. The normalized spacial score (nSPS) is 15.9. The third kappa shape index (κ3) is 4.11. The van der Waals surface area contributed by atoms with E-state index in [1.165, 1.54) is 33.5 Å². The summed E-state index contributed by atoms with van der Waals surface area (Å²) in [5.74, 6) is -1.55. The van der Waals surface area contributed by atoms with Crippen LogP contribution in [0.1, 0.15) is 17.3 Å². The molecule has 0 unspecified atom stereocenters. The van der Waals surface area contributed by atoms with E-state index in [1.807, 2.05) is 0 Å². The standard InChI is InChI=1S/C15H20N2O6S/c1-2-16(11-14(18)19)15(20)12-3-5-13(6-4-12)24(21,22)17-7-9-23-10-8-17/h3-6H,2,7-11H2,1H3,(H,18,19). The second-order valence-electron chi connectivity index (χ2n) is 5.25. The first kappa shape index (κ1) is 18.4. The lowest BCUT2D eigenvalue weighted by atomic mass is 10.2. The molecule has 1 fully saturated rings. The number of aliphatic carboxylic acids is 1. The molecule has 1 saturated heterocycles. The Hall–Kier alpha value is -1.97. The van der Waals surface area contributed by atoms with Crippen molar-refractivity contribution in [2.24, 2.45) is 0 Å². The van der Waals surface area contributed by atoms with Gasteiger partial charge in [0.25, 0.3) is 5.91 Å². The molecule has 1 aromatic rings. The molecule has 0 bridgehead atoms. The molecule has 0 saturated carbocycles. The Morgan fingerprint density at radius 2 is 1.79 bits per heavy atom. The monoisotopic (exact) mass is 356 g/mol. The number of hydrogen-bond donors (Lipinski definition) is 1. The number of amides is 1. The average Bonchev–Trinajstić information content (AvgIpc) is 2.59. The van der Waals surface area contributed by atoms with Gasteiger partial charge in [0.15, 0.2) is 0 Å². The molecule has 0 atom stereocenters. The maximum absolute atomic E-state index is 12.5. The van der Waals surface area contributed by atoms with Crippen LogP contribution in [-0.2, 0) is 19.6 Å². The van der Waals surface area contributed by atoms with Crippen LogP contribution in [0.25, 0.3) is 0 Å². The van der Waals surface area contributed by atoms with Gasteiger partial charge >= 0.3 is 5.97 Å². The SMILES string of the molecule is CCN(CC(=O)O)C(=O)c1ccc(S(=O)(=O)N2CCOCC2)cc1. The number of rotatable bonds is 6. The summed E-state index contributed by atoms with van der Waals surface area (Å²) in [6.45, 7) is 2.84. The molecule has 1 aromatic carbocycles. The van der Waals surface area contributed by atoms with Crippen molar-refractivity contribution in [1.29, 1.82) is 0 Å². The predicted octanol–water partition coefficient (Wildman–Crippen LogP) is 0.254. The van der Waals surface area contributed by atoms with Crippen molar-refractivity contribution in [1.82, 2.24) is 9.21 Å². The van der Waals surface area contributed by atoms with Gasteiger partial charge in [-0.2, -0.15) is 4.31 Å². The van der Waals surface area contributed by atoms with Gasteiger partial charge in [0, 0.05) is 25.2 Å². The Bertz CT molecular complexity index is 695. The van der Waals surface area contributed by atoms with Crippen molar-refractivity contribution >= 4 is 21.9 Å². The fourth-order valence-electron chi connectivity index (χ4n) is 2.38. The second-order valence-corrected chi connectivity index (χ2v) is 7.19. The maximum Gasteiger partial charge on any atom is 0.323 e. The highest BCUT2D eigenvalue weighted by Gasteiger charge is 2.26. The van der Waals surface area contributed by atoms with Gasteiger partial charge in [-0.05, 0) is 31.2 Å². The first-order valence-electron chi connectivity index (χ1n) is 7.55. The van der Waals surface area contributed by atoms with E-state index in [2.05, 4.69) is 0 Å². The van der Waals surface area contributed by atoms with E-state index >= 15 is 0 Å². The van der Waals surface area contributed by atoms with Gasteiger partial charge in [-0.1, -0.05) is 0 Å². The van der Waals surface area contributed by atoms with Crippen LogP contribution in [0.15, 0.2) is 29.2 Å². The molecular formula is C15H20N2O6S. The van der Waals surface area contributed by atoms with Crippen molar-refractivity contribution in [2.75, 3.05) is 39.4 Å². The van der Waals surface area contributed by atoms with Crippen LogP contribution in [0.4, 0.5) is 0 Å². The number of carbonyl (C=O) groups is 2. The van der Waals surface area contributed by atoms with Gasteiger partial charge in [-0.3, -0.25) is 9.59 Å². The van der Waals surface area contributed by atoms with Crippen molar-refractivity contribution in [3.05, 3.63) is 29.8 Å². The molecule has 1 N–H and O–H groups in total. The lowest BCUT2D eigenvalue weighted by molar-refractivity contribution is -0.137. The van der Waals surface area contributed by atoms with E-state index in [-0.39, 0.29) is 17.0 Å². The minimum Gasteiger partial charge on any atom is -0.480 e. The molecule has 1 aliphatic heterocycles. The maximum atomic E-state index is 12.5. The summed E-state index contributed by atoms with van der Waals surface area (Å²) < 4.78 is 31.5. The highest BCUT2D eigenvalue weighted by atomic mass is 32.2. The van der Waals surface area contributed by atoms with E-state index in [4.69, 9.17) is 9.84 Å². The highest BCUT2D eigenvalue weighted by Crippen LogP contribution is 2.18. The van der Waals surface area contributed by atoms with Crippen molar-refractivity contribution in [2.45, 2.75) is 11.8 Å². The fraction of sp³-hybridized carbons (Fsp3) is 0.467. The molecule has 9 heteroatoms. The summed E-state index contributed by atoms with van der Waals surface area (Å²) >= 11 is 0. The topological polar surface area (TPSA) is 104 Å². The van der Waals surface area contributed by atoms with Gasteiger partial charge in [-0.15, -0.1) is 0 Å². The number of carboxylic acid groups (broad SMARTS) is 1. The number of morpholine rings is 1. The first-order valence-corrected chi connectivity index (χ1v) is 8.99. The molecule has 0 aliphatic carbocycles. The summed E-state index contributed by atoms with van der Waals surface area (Å²) in [5, 5.41) is 8.82. The van der Waals surface area contributed by atoms with Crippen LogP contribution in [-0.4, -0.2) is 74.0 Å². The Labute approximate surface area is 140 Å². The Morgan fingerprint density at radius 3 is 2.29 bits per heavy atom. The van der Waals surface area contributed by atoms with Gasteiger partial charge in [0.05, 0.1) is 18.1 Å². The summed E-state index contributed by atoms with van der Waals surface area (Å²) in [6, 6.07) is 5.54. The molecule has 0 spiro atoms. The van der Waals surface area contributed by atoms with Crippen LogP contribution in [0.3, 0.4) is 0 Å². The number of carbonyl (C=O) groups excluding carboxylic acids is 1. The molecule has 1 amide bonds. The molecule has 2 rings (SSSR count). The van der Waals surface area contributed by atoms with E-state index in [0.29, 0.717) is 26.3 Å². The molecule has 1 aliphatic rings. The van der Waals surface area contributed by atoms with Crippen LogP contribution >= 0.6 is 0 Å². The number of ether oxygens (including phenoxy) is 1. The zero-order valence-corrected chi connectivity index (χ0v) is 14.2. The van der Waals surface area contributed by atoms with Crippen molar-refractivity contribution in [3.8, 4) is 0 Å². The minimum atomic E-state index is -3.61. The molecule has 8 nitrogen and oxygen atoms in total. The lowest BCUT2D eigenvalue weighted by Crippen LogP contribution is -2.40. The summed E-state index contributed by atoms with van der Waals surface area (Å²) in [6.07, 6.45) is 0. The third-order valence-corrected chi connectivity index (χ3v) is 5.62. The lowest BCUT2D eigenvalue weighted by Gasteiger charge is -2.26. The molecule has 24 heavy (non-hydrogen) atoms. The Balaban J connectivity index is 2.17. The van der Waals surface area contributed by atoms with Crippen LogP contribution in [0, 0.1) is 0 Å². The minimum absolute atomic E-state index is 0.0993. The van der Waals surface area contributed by atoms with Crippen molar-refractivity contribution in [3.63, 3.8) is 0 Å². The summed E-state index contributed by atoms with van der Waals surface area (Å²) in [4.78, 5) is 24.3. The zero-order chi connectivity index (χ0) is 17.7. The van der Waals surface area contributed by atoms with E-state index in [0.717, 1.165) is 0 Å². The number of hydrogen-bond acceptors (Lipinski definition) is 5. The predicted molar refractivity (Wildman–Crippen MR) is 85.2 cm³/mol. The second kappa shape index (κ2) is 7.73. The Morgan fingerprint density at radius 1 is 1.21 bits per heavy atom. The largest absolute Gasteiger partial charge is 0.480 e.